The summed E-state index contributed by atoms with van der Waals surface area (Å²) in [4.78, 5) is 14.8. The molecule has 0 aliphatic heterocycles. The van der Waals surface area contributed by atoms with Crippen LogP contribution in [-0.4, -0.2) is 29.9 Å². The van der Waals surface area contributed by atoms with Crippen LogP contribution >= 0.6 is 0 Å². The van der Waals surface area contributed by atoms with Crippen LogP contribution in [0.4, 0.5) is 0 Å². The summed E-state index contributed by atoms with van der Waals surface area (Å²) in [6, 6.07) is 0.545. The number of carbonyl (C=O) groups is 1. The zero-order chi connectivity index (χ0) is 12.4. The van der Waals surface area contributed by atoms with E-state index in [0.717, 1.165) is 19.4 Å². The molecule has 1 amide bonds. The van der Waals surface area contributed by atoms with Gasteiger partial charge in [0.2, 0.25) is 5.91 Å². The van der Waals surface area contributed by atoms with Gasteiger partial charge in [-0.05, 0) is 44.1 Å². The molecule has 0 saturated heterocycles. The molecule has 0 aromatic heterocycles. The molecule has 0 bridgehead atoms. The topological polar surface area (TPSA) is 46.3 Å². The van der Waals surface area contributed by atoms with Crippen LogP contribution in [0.2, 0.25) is 0 Å². The van der Waals surface area contributed by atoms with E-state index in [0.29, 0.717) is 30.3 Å². The summed E-state index contributed by atoms with van der Waals surface area (Å²) in [5, 5.41) is 0. The Morgan fingerprint density at radius 3 is 2.53 bits per heavy atom. The van der Waals surface area contributed by atoms with Gasteiger partial charge in [0.05, 0.1) is 0 Å². The molecule has 0 heterocycles. The summed E-state index contributed by atoms with van der Waals surface area (Å²) in [7, 11) is 0. The van der Waals surface area contributed by atoms with E-state index in [1.165, 1.54) is 19.3 Å². The SMILES string of the molecule is CC(C)CN(C(=O)C1CCCC1CN)C1CC1. The minimum Gasteiger partial charge on any atom is -0.339 e. The van der Waals surface area contributed by atoms with Crippen molar-refractivity contribution in [3.05, 3.63) is 0 Å². The van der Waals surface area contributed by atoms with Crippen molar-refractivity contribution in [3.63, 3.8) is 0 Å². The van der Waals surface area contributed by atoms with Gasteiger partial charge in [-0.2, -0.15) is 0 Å². The van der Waals surface area contributed by atoms with E-state index in [1.807, 2.05) is 0 Å². The van der Waals surface area contributed by atoms with Crippen LogP contribution in [0.5, 0.6) is 0 Å². The van der Waals surface area contributed by atoms with E-state index in [-0.39, 0.29) is 5.92 Å². The molecule has 0 spiro atoms. The highest BCUT2D eigenvalue weighted by molar-refractivity contribution is 5.80. The highest BCUT2D eigenvalue weighted by Crippen LogP contribution is 2.36. The Hall–Kier alpha value is -0.570. The molecule has 2 aliphatic carbocycles. The van der Waals surface area contributed by atoms with E-state index in [1.54, 1.807) is 0 Å². The lowest BCUT2D eigenvalue weighted by Crippen LogP contribution is -2.42. The van der Waals surface area contributed by atoms with E-state index in [9.17, 15) is 4.79 Å². The molecule has 2 unspecified atom stereocenters. The Morgan fingerprint density at radius 1 is 1.29 bits per heavy atom. The molecule has 3 heteroatoms. The van der Waals surface area contributed by atoms with Crippen molar-refractivity contribution in [3.8, 4) is 0 Å². The maximum Gasteiger partial charge on any atom is 0.226 e. The van der Waals surface area contributed by atoms with Crippen molar-refractivity contribution in [2.75, 3.05) is 13.1 Å². The van der Waals surface area contributed by atoms with Crippen molar-refractivity contribution in [2.45, 2.75) is 52.0 Å². The van der Waals surface area contributed by atoms with Crippen LogP contribution in [-0.2, 0) is 4.79 Å². The first-order valence-electron chi connectivity index (χ1n) is 7.14. The smallest absolute Gasteiger partial charge is 0.226 e. The number of hydrogen-bond donors (Lipinski definition) is 1. The van der Waals surface area contributed by atoms with Gasteiger partial charge in [0.1, 0.15) is 0 Å². The third kappa shape index (κ3) is 3.01. The molecule has 98 valence electrons. The minimum atomic E-state index is 0.222. The summed E-state index contributed by atoms with van der Waals surface area (Å²) < 4.78 is 0. The van der Waals surface area contributed by atoms with E-state index in [4.69, 9.17) is 5.73 Å². The van der Waals surface area contributed by atoms with E-state index < -0.39 is 0 Å². The first-order valence-corrected chi connectivity index (χ1v) is 7.14. The zero-order valence-electron chi connectivity index (χ0n) is 11.2. The predicted molar refractivity (Wildman–Crippen MR) is 69.5 cm³/mol. The van der Waals surface area contributed by atoms with Crippen molar-refractivity contribution in [1.29, 1.82) is 0 Å². The number of amides is 1. The fourth-order valence-electron chi connectivity index (χ4n) is 3.06. The number of nitrogens with zero attached hydrogens (tertiary/aromatic N) is 1. The van der Waals surface area contributed by atoms with Crippen LogP contribution in [0.25, 0.3) is 0 Å². The Morgan fingerprint density at radius 2 is 2.00 bits per heavy atom. The first-order chi connectivity index (χ1) is 8.13. The van der Waals surface area contributed by atoms with E-state index >= 15 is 0 Å². The quantitative estimate of drug-likeness (QED) is 0.796. The second-order valence-corrected chi connectivity index (χ2v) is 6.15. The first kappa shape index (κ1) is 12.9. The zero-order valence-corrected chi connectivity index (χ0v) is 11.2. The Balaban J connectivity index is 2.00. The predicted octanol–water partition coefficient (Wildman–Crippen LogP) is 2.01. The monoisotopic (exact) mass is 238 g/mol. The number of nitrogens with two attached hydrogens (primary N) is 1. The molecule has 2 rings (SSSR count). The third-order valence-corrected chi connectivity index (χ3v) is 4.11. The van der Waals surface area contributed by atoms with Crippen LogP contribution in [0, 0.1) is 17.8 Å². The summed E-state index contributed by atoms with van der Waals surface area (Å²) in [5.41, 5.74) is 5.78. The molecule has 0 aromatic rings. The minimum absolute atomic E-state index is 0.222. The van der Waals surface area contributed by atoms with Gasteiger partial charge in [0, 0.05) is 18.5 Å². The Kier molecular flexibility index (Phi) is 4.08. The molecular weight excluding hydrogens is 212 g/mol. The van der Waals surface area contributed by atoms with Crippen molar-refractivity contribution >= 4 is 5.91 Å². The number of rotatable bonds is 5. The van der Waals surface area contributed by atoms with Gasteiger partial charge in [0.25, 0.3) is 0 Å². The fourth-order valence-corrected chi connectivity index (χ4v) is 3.06. The summed E-state index contributed by atoms with van der Waals surface area (Å²) in [6.45, 7) is 5.99. The van der Waals surface area contributed by atoms with E-state index in [2.05, 4.69) is 18.7 Å². The van der Waals surface area contributed by atoms with Gasteiger partial charge in [-0.15, -0.1) is 0 Å². The average molecular weight is 238 g/mol. The maximum atomic E-state index is 12.6. The molecule has 2 aliphatic rings. The average Bonchev–Trinajstić information content (AvgIpc) is 3.02. The van der Waals surface area contributed by atoms with Gasteiger partial charge in [-0.25, -0.2) is 0 Å². The third-order valence-electron chi connectivity index (χ3n) is 4.11. The molecule has 2 N–H and O–H groups in total. The van der Waals surface area contributed by atoms with Crippen LogP contribution in [0.1, 0.15) is 46.0 Å². The van der Waals surface area contributed by atoms with Gasteiger partial charge in [-0.1, -0.05) is 20.3 Å². The van der Waals surface area contributed by atoms with Gasteiger partial charge < -0.3 is 10.6 Å². The number of hydrogen-bond acceptors (Lipinski definition) is 2. The molecule has 3 nitrogen and oxygen atoms in total. The Bertz CT molecular complexity index is 273. The second-order valence-electron chi connectivity index (χ2n) is 6.15. The maximum absolute atomic E-state index is 12.6. The van der Waals surface area contributed by atoms with Crippen molar-refractivity contribution < 1.29 is 4.79 Å². The van der Waals surface area contributed by atoms with Crippen molar-refractivity contribution in [1.82, 2.24) is 4.90 Å². The van der Waals surface area contributed by atoms with Gasteiger partial charge in [-0.3, -0.25) is 4.79 Å². The lowest BCUT2D eigenvalue weighted by molar-refractivity contribution is -0.137. The largest absolute Gasteiger partial charge is 0.339 e. The molecular formula is C14H26N2O. The Labute approximate surface area is 105 Å². The highest BCUT2D eigenvalue weighted by atomic mass is 16.2. The summed E-state index contributed by atoms with van der Waals surface area (Å²) in [5.74, 6) is 1.63. The molecule has 0 radical (unpaired) electrons. The van der Waals surface area contributed by atoms with Gasteiger partial charge in [0.15, 0.2) is 0 Å². The van der Waals surface area contributed by atoms with Crippen LogP contribution in [0.15, 0.2) is 0 Å². The molecule has 2 saturated carbocycles. The van der Waals surface area contributed by atoms with Crippen LogP contribution < -0.4 is 5.73 Å². The van der Waals surface area contributed by atoms with Gasteiger partial charge >= 0.3 is 0 Å². The fraction of sp³-hybridized carbons (Fsp3) is 0.929. The number of carbonyl (C=O) groups excluding carboxylic acids is 1. The van der Waals surface area contributed by atoms with Crippen LogP contribution in [0.3, 0.4) is 0 Å². The highest BCUT2D eigenvalue weighted by Gasteiger charge is 2.40. The lowest BCUT2D eigenvalue weighted by atomic mass is 9.94. The lowest BCUT2D eigenvalue weighted by Gasteiger charge is -2.29. The standard InChI is InChI=1S/C14H26N2O/c1-10(2)9-16(12-6-7-12)14(17)13-5-3-4-11(13)8-15/h10-13H,3-9,15H2,1-2H3. The molecule has 2 fully saturated rings. The second kappa shape index (κ2) is 5.38. The molecule has 17 heavy (non-hydrogen) atoms. The summed E-state index contributed by atoms with van der Waals surface area (Å²) >= 11 is 0. The summed E-state index contributed by atoms with van der Waals surface area (Å²) in [6.07, 6.45) is 5.80. The normalized spacial score (nSPS) is 28.7. The van der Waals surface area contributed by atoms with Crippen molar-refractivity contribution in [2.24, 2.45) is 23.5 Å². The molecule has 2 atom stereocenters. The molecule has 0 aromatic carbocycles.